The molecule has 1 fully saturated rings. The summed E-state index contributed by atoms with van der Waals surface area (Å²) in [6.45, 7) is 8.64. The van der Waals surface area contributed by atoms with Gasteiger partial charge in [-0.25, -0.2) is 4.39 Å². The number of β-amino-alcohol motifs (C(OH)–C–C–N with tert-alkyl or cyclic N) is 1. The van der Waals surface area contributed by atoms with Gasteiger partial charge in [-0.3, -0.25) is 9.80 Å². The summed E-state index contributed by atoms with van der Waals surface area (Å²) in [7, 11) is 0. The van der Waals surface area contributed by atoms with Crippen LogP contribution in [-0.2, 0) is 6.54 Å². The van der Waals surface area contributed by atoms with E-state index in [1.165, 1.54) is 6.07 Å². The van der Waals surface area contributed by atoms with Crippen molar-refractivity contribution in [3.05, 3.63) is 34.6 Å². The summed E-state index contributed by atoms with van der Waals surface area (Å²) in [4.78, 5) is 4.52. The van der Waals surface area contributed by atoms with E-state index in [0.29, 0.717) is 13.1 Å². The Hall–Kier alpha value is -0.680. The van der Waals surface area contributed by atoms with Crippen LogP contribution in [0.3, 0.4) is 0 Å². The highest BCUT2D eigenvalue weighted by Crippen LogP contribution is 2.21. The van der Waals surface area contributed by atoms with Gasteiger partial charge in [0.05, 0.1) is 10.6 Å². The Morgan fingerprint density at radius 2 is 1.80 bits per heavy atom. The summed E-state index contributed by atoms with van der Waals surface area (Å²) in [5.74, 6) is -0.357. The Bertz CT molecular complexity index is 454. The van der Waals surface area contributed by atoms with Crippen molar-refractivity contribution in [1.29, 1.82) is 0 Å². The summed E-state index contributed by atoms with van der Waals surface area (Å²) in [6.07, 6.45) is 0. The Labute approximate surface area is 124 Å². The molecule has 0 spiro atoms. The smallest absolute Gasteiger partial charge is 0.142 e. The zero-order valence-electron chi connectivity index (χ0n) is 12.1. The second-order valence-electron chi connectivity index (χ2n) is 6.08. The highest BCUT2D eigenvalue weighted by atomic mass is 35.5. The van der Waals surface area contributed by atoms with Crippen molar-refractivity contribution in [3.63, 3.8) is 0 Å². The van der Waals surface area contributed by atoms with E-state index in [2.05, 4.69) is 9.80 Å². The minimum absolute atomic E-state index is 0.228. The molecule has 1 heterocycles. The topological polar surface area (TPSA) is 26.7 Å². The van der Waals surface area contributed by atoms with Gasteiger partial charge in [0.2, 0.25) is 0 Å². The summed E-state index contributed by atoms with van der Waals surface area (Å²) in [6, 6.07) is 4.95. The lowest BCUT2D eigenvalue weighted by atomic mass is 10.1. The van der Waals surface area contributed by atoms with Gasteiger partial charge in [0.1, 0.15) is 5.82 Å². The average Bonchev–Trinajstić information content (AvgIpc) is 2.35. The van der Waals surface area contributed by atoms with Gasteiger partial charge >= 0.3 is 0 Å². The molecule has 1 aliphatic heterocycles. The fourth-order valence-electron chi connectivity index (χ4n) is 2.56. The predicted molar refractivity (Wildman–Crippen MR) is 79.4 cm³/mol. The molecule has 112 valence electrons. The van der Waals surface area contributed by atoms with Crippen molar-refractivity contribution >= 4 is 11.6 Å². The lowest BCUT2D eigenvalue weighted by molar-refractivity contribution is 0.0166. The number of aliphatic hydroxyl groups is 1. The minimum atomic E-state index is -0.659. The third kappa shape index (κ3) is 4.42. The molecular formula is C15H22ClFN2O. The number of rotatable bonds is 4. The van der Waals surface area contributed by atoms with Crippen LogP contribution in [0.25, 0.3) is 0 Å². The largest absolute Gasteiger partial charge is 0.389 e. The molecule has 0 aliphatic carbocycles. The third-order valence-electron chi connectivity index (χ3n) is 3.50. The van der Waals surface area contributed by atoms with Crippen LogP contribution >= 0.6 is 11.6 Å². The summed E-state index contributed by atoms with van der Waals surface area (Å²) < 4.78 is 13.4. The van der Waals surface area contributed by atoms with Crippen LogP contribution in [0.1, 0.15) is 19.4 Å². The second kappa shape index (κ2) is 6.39. The quantitative estimate of drug-likeness (QED) is 0.925. The number of hydrogen-bond acceptors (Lipinski definition) is 3. The normalized spacial score (nSPS) is 18.4. The predicted octanol–water partition coefficient (Wildman–Crippen LogP) is 2.37. The molecule has 1 aromatic rings. The van der Waals surface area contributed by atoms with E-state index in [-0.39, 0.29) is 10.8 Å². The van der Waals surface area contributed by atoms with Crippen LogP contribution in [0.2, 0.25) is 5.02 Å². The Morgan fingerprint density at radius 1 is 1.20 bits per heavy atom. The maximum Gasteiger partial charge on any atom is 0.142 e. The maximum atomic E-state index is 13.4. The monoisotopic (exact) mass is 300 g/mol. The molecule has 5 heteroatoms. The fraction of sp³-hybridized carbons (Fsp3) is 0.600. The highest BCUT2D eigenvalue weighted by molar-refractivity contribution is 6.31. The third-order valence-corrected chi connectivity index (χ3v) is 3.92. The zero-order chi connectivity index (χ0) is 14.8. The molecule has 0 unspecified atom stereocenters. The molecule has 0 saturated carbocycles. The first-order valence-electron chi connectivity index (χ1n) is 6.95. The molecule has 1 N–H and O–H groups in total. The van der Waals surface area contributed by atoms with Crippen LogP contribution in [-0.4, -0.2) is 53.2 Å². The van der Waals surface area contributed by atoms with E-state index in [4.69, 9.17) is 11.6 Å². The SMILES string of the molecule is CC(C)(O)CN1CCN(Cc2cccc(F)c2Cl)CC1. The van der Waals surface area contributed by atoms with Gasteiger partial charge in [-0.1, -0.05) is 23.7 Å². The van der Waals surface area contributed by atoms with Crippen LogP contribution in [0, 0.1) is 5.82 Å². The van der Waals surface area contributed by atoms with Crippen LogP contribution in [0.4, 0.5) is 4.39 Å². The van der Waals surface area contributed by atoms with E-state index < -0.39 is 5.60 Å². The van der Waals surface area contributed by atoms with Gasteiger partial charge in [-0.2, -0.15) is 0 Å². The van der Waals surface area contributed by atoms with Crippen molar-refractivity contribution < 1.29 is 9.50 Å². The standard InChI is InChI=1S/C15H22ClFN2O/c1-15(2,20)11-19-8-6-18(7-9-19)10-12-4-3-5-13(17)14(12)16/h3-5,20H,6-11H2,1-2H3. The molecular weight excluding hydrogens is 279 g/mol. The molecule has 1 saturated heterocycles. The second-order valence-corrected chi connectivity index (χ2v) is 6.46. The van der Waals surface area contributed by atoms with E-state index in [0.717, 1.165) is 31.7 Å². The van der Waals surface area contributed by atoms with Gasteiger partial charge < -0.3 is 5.11 Å². The summed E-state index contributed by atoms with van der Waals surface area (Å²) in [5.41, 5.74) is 0.177. The van der Waals surface area contributed by atoms with Gasteiger partial charge in [0, 0.05) is 39.3 Å². The van der Waals surface area contributed by atoms with Crippen molar-refractivity contribution in [1.82, 2.24) is 9.80 Å². The Kier molecular flexibility index (Phi) is 5.02. The van der Waals surface area contributed by atoms with Gasteiger partial charge in [0.25, 0.3) is 0 Å². The molecule has 0 bridgehead atoms. The van der Waals surface area contributed by atoms with E-state index in [1.54, 1.807) is 6.07 Å². The van der Waals surface area contributed by atoms with E-state index in [9.17, 15) is 9.50 Å². The number of hydrogen-bond donors (Lipinski definition) is 1. The van der Waals surface area contributed by atoms with Gasteiger partial charge in [-0.05, 0) is 25.5 Å². The molecule has 1 aliphatic rings. The van der Waals surface area contributed by atoms with Crippen LogP contribution < -0.4 is 0 Å². The maximum absolute atomic E-state index is 13.4. The molecule has 20 heavy (non-hydrogen) atoms. The molecule has 0 atom stereocenters. The summed E-state index contributed by atoms with van der Waals surface area (Å²) in [5, 5.41) is 10.1. The molecule has 1 aromatic carbocycles. The van der Waals surface area contributed by atoms with Crippen molar-refractivity contribution in [3.8, 4) is 0 Å². The molecule has 0 aromatic heterocycles. The highest BCUT2D eigenvalue weighted by Gasteiger charge is 2.23. The van der Waals surface area contributed by atoms with Crippen LogP contribution in [0.15, 0.2) is 18.2 Å². The van der Waals surface area contributed by atoms with Gasteiger partial charge in [0.15, 0.2) is 0 Å². The van der Waals surface area contributed by atoms with Crippen molar-refractivity contribution in [2.24, 2.45) is 0 Å². The van der Waals surface area contributed by atoms with E-state index >= 15 is 0 Å². The number of nitrogens with zero attached hydrogens (tertiary/aromatic N) is 2. The zero-order valence-corrected chi connectivity index (χ0v) is 12.8. The first-order valence-corrected chi connectivity index (χ1v) is 7.33. The number of piperazine rings is 1. The first-order chi connectivity index (χ1) is 9.35. The van der Waals surface area contributed by atoms with Crippen LogP contribution in [0.5, 0.6) is 0 Å². The minimum Gasteiger partial charge on any atom is -0.389 e. The van der Waals surface area contributed by atoms with Gasteiger partial charge in [-0.15, -0.1) is 0 Å². The van der Waals surface area contributed by atoms with Crippen molar-refractivity contribution in [2.75, 3.05) is 32.7 Å². The molecule has 2 rings (SSSR count). The number of benzene rings is 1. The molecule has 3 nitrogen and oxygen atoms in total. The Balaban J connectivity index is 1.87. The number of halogens is 2. The van der Waals surface area contributed by atoms with E-state index in [1.807, 2.05) is 19.9 Å². The van der Waals surface area contributed by atoms with Crippen molar-refractivity contribution in [2.45, 2.75) is 26.0 Å². The molecule has 0 radical (unpaired) electrons. The average molecular weight is 301 g/mol. The Morgan fingerprint density at radius 3 is 2.40 bits per heavy atom. The molecule has 0 amide bonds. The lowest BCUT2D eigenvalue weighted by Crippen LogP contribution is -2.50. The lowest BCUT2D eigenvalue weighted by Gasteiger charge is -2.37. The first kappa shape index (κ1) is 15.7. The fourth-order valence-corrected chi connectivity index (χ4v) is 2.75. The summed E-state index contributed by atoms with van der Waals surface area (Å²) >= 11 is 5.98.